The zero-order valence-electron chi connectivity index (χ0n) is 9.07. The van der Waals surface area contributed by atoms with E-state index in [1.165, 1.54) is 6.20 Å². The van der Waals surface area contributed by atoms with E-state index in [4.69, 9.17) is 5.26 Å². The van der Waals surface area contributed by atoms with Crippen LogP contribution < -0.4 is 5.32 Å². The molecule has 1 heterocycles. The molecule has 1 aromatic heterocycles. The van der Waals surface area contributed by atoms with Crippen molar-refractivity contribution in [1.29, 1.82) is 5.26 Å². The molecule has 0 aliphatic carbocycles. The fourth-order valence-corrected chi connectivity index (χ4v) is 1.32. The molecule has 5 heteroatoms. The van der Waals surface area contributed by atoms with E-state index >= 15 is 0 Å². The second-order valence-corrected chi connectivity index (χ2v) is 4.51. The number of nitrogens with one attached hydrogen (secondary N) is 1. The van der Waals surface area contributed by atoms with Crippen molar-refractivity contribution in [2.45, 2.75) is 19.9 Å². The molecular formula is C11H12BrN3O. The van der Waals surface area contributed by atoms with Gasteiger partial charge >= 0.3 is 0 Å². The third-order valence-electron chi connectivity index (χ3n) is 2.08. The largest absolute Gasteiger partial charge is 0.336 e. The number of nitriles is 1. The summed E-state index contributed by atoms with van der Waals surface area (Å²) in [6.07, 6.45) is 1.47. The van der Waals surface area contributed by atoms with E-state index in [1.54, 1.807) is 12.1 Å². The highest BCUT2D eigenvalue weighted by molar-refractivity contribution is 9.10. The van der Waals surface area contributed by atoms with Crippen molar-refractivity contribution in [2.24, 2.45) is 5.92 Å². The number of aromatic nitrogens is 1. The lowest BCUT2D eigenvalue weighted by atomic mass is 10.1. The molecule has 0 radical (unpaired) electrons. The van der Waals surface area contributed by atoms with Crippen LogP contribution >= 0.6 is 15.9 Å². The second-order valence-electron chi connectivity index (χ2n) is 3.69. The number of nitrogens with zero attached hydrogens (tertiary/aromatic N) is 2. The molecule has 1 rings (SSSR count). The summed E-state index contributed by atoms with van der Waals surface area (Å²) in [4.78, 5) is 15.7. The van der Waals surface area contributed by atoms with Gasteiger partial charge in [0.05, 0.1) is 11.6 Å². The summed E-state index contributed by atoms with van der Waals surface area (Å²) in [5, 5.41) is 11.5. The first kappa shape index (κ1) is 12.7. The van der Waals surface area contributed by atoms with E-state index in [-0.39, 0.29) is 11.8 Å². The number of amides is 1. The van der Waals surface area contributed by atoms with Crippen LogP contribution in [-0.4, -0.2) is 16.9 Å². The number of hydrogen-bond donors (Lipinski definition) is 1. The molecule has 4 nitrogen and oxygen atoms in total. The Balaban J connectivity index is 2.73. The Morgan fingerprint density at radius 2 is 2.25 bits per heavy atom. The Morgan fingerprint density at radius 3 is 2.69 bits per heavy atom. The fraction of sp³-hybridized carbons (Fsp3) is 0.364. The molecule has 16 heavy (non-hydrogen) atoms. The minimum atomic E-state index is -0.476. The van der Waals surface area contributed by atoms with Crippen LogP contribution in [0.3, 0.4) is 0 Å². The van der Waals surface area contributed by atoms with Crippen molar-refractivity contribution >= 4 is 21.8 Å². The Kier molecular flexibility index (Phi) is 4.44. The molecule has 1 N–H and O–H groups in total. The van der Waals surface area contributed by atoms with Gasteiger partial charge in [-0.1, -0.05) is 13.8 Å². The van der Waals surface area contributed by atoms with Crippen molar-refractivity contribution < 1.29 is 4.79 Å². The maximum Gasteiger partial charge on any atom is 0.253 e. The third-order valence-corrected chi connectivity index (χ3v) is 2.55. The highest BCUT2D eigenvalue weighted by Gasteiger charge is 2.16. The van der Waals surface area contributed by atoms with Crippen molar-refractivity contribution in [3.05, 3.63) is 28.5 Å². The van der Waals surface area contributed by atoms with Crippen molar-refractivity contribution in [3.8, 4) is 6.07 Å². The Labute approximate surface area is 103 Å². The monoisotopic (exact) mass is 281 g/mol. The van der Waals surface area contributed by atoms with Gasteiger partial charge < -0.3 is 5.32 Å². The summed E-state index contributed by atoms with van der Waals surface area (Å²) >= 11 is 3.19. The number of carbonyl (C=O) groups excluding carboxylic acids is 1. The van der Waals surface area contributed by atoms with Gasteiger partial charge in [-0.25, -0.2) is 4.98 Å². The number of carbonyl (C=O) groups is 1. The van der Waals surface area contributed by atoms with Crippen molar-refractivity contribution in [3.63, 3.8) is 0 Å². The smallest absolute Gasteiger partial charge is 0.253 e. The molecule has 84 valence electrons. The van der Waals surface area contributed by atoms with Crippen LogP contribution in [0.25, 0.3) is 0 Å². The fourth-order valence-electron chi connectivity index (χ4n) is 1.08. The van der Waals surface area contributed by atoms with Crippen LogP contribution in [-0.2, 0) is 0 Å². The number of rotatable bonds is 3. The zero-order valence-corrected chi connectivity index (χ0v) is 10.7. The first-order valence-corrected chi connectivity index (χ1v) is 5.66. The highest BCUT2D eigenvalue weighted by Crippen LogP contribution is 2.07. The van der Waals surface area contributed by atoms with Crippen LogP contribution in [0.5, 0.6) is 0 Å². The quantitative estimate of drug-likeness (QED) is 0.863. The van der Waals surface area contributed by atoms with E-state index in [2.05, 4.69) is 32.3 Å². The molecule has 0 saturated carbocycles. The summed E-state index contributed by atoms with van der Waals surface area (Å²) in [5.41, 5.74) is 0.448. The van der Waals surface area contributed by atoms with Gasteiger partial charge in [0.15, 0.2) is 0 Å². The summed E-state index contributed by atoms with van der Waals surface area (Å²) in [6, 6.07) is 4.92. The van der Waals surface area contributed by atoms with Crippen molar-refractivity contribution in [1.82, 2.24) is 10.3 Å². The lowest BCUT2D eigenvalue weighted by Crippen LogP contribution is -2.37. The Morgan fingerprint density at radius 1 is 1.56 bits per heavy atom. The van der Waals surface area contributed by atoms with Gasteiger partial charge in [-0.05, 0) is 34.0 Å². The normalized spacial score (nSPS) is 11.9. The van der Waals surface area contributed by atoms with E-state index in [1.807, 2.05) is 13.8 Å². The summed E-state index contributed by atoms with van der Waals surface area (Å²) in [6.45, 7) is 3.77. The molecule has 0 spiro atoms. The van der Waals surface area contributed by atoms with Crippen LogP contribution in [0.15, 0.2) is 22.9 Å². The van der Waals surface area contributed by atoms with Gasteiger partial charge in [0.1, 0.15) is 10.6 Å². The highest BCUT2D eigenvalue weighted by atomic mass is 79.9. The van der Waals surface area contributed by atoms with Crippen LogP contribution in [0.2, 0.25) is 0 Å². The number of halogens is 1. The molecule has 0 aliphatic heterocycles. The number of hydrogen-bond acceptors (Lipinski definition) is 3. The summed E-state index contributed by atoms with van der Waals surface area (Å²) in [7, 11) is 0. The van der Waals surface area contributed by atoms with Gasteiger partial charge in [0.2, 0.25) is 0 Å². The lowest BCUT2D eigenvalue weighted by molar-refractivity contribution is 0.0937. The van der Waals surface area contributed by atoms with E-state index in [0.717, 1.165) is 0 Å². The molecule has 0 saturated heterocycles. The van der Waals surface area contributed by atoms with Gasteiger partial charge in [0.25, 0.3) is 5.91 Å². The minimum Gasteiger partial charge on any atom is -0.336 e. The van der Waals surface area contributed by atoms with Gasteiger partial charge in [-0.2, -0.15) is 5.26 Å². The SMILES string of the molecule is CC(C)C(C#N)NC(=O)c1ccc(Br)nc1. The van der Waals surface area contributed by atoms with E-state index in [0.29, 0.717) is 10.2 Å². The molecule has 1 aromatic rings. The molecule has 1 amide bonds. The van der Waals surface area contributed by atoms with E-state index in [9.17, 15) is 4.79 Å². The third kappa shape index (κ3) is 3.31. The minimum absolute atomic E-state index is 0.0809. The molecule has 0 bridgehead atoms. The number of pyridine rings is 1. The van der Waals surface area contributed by atoms with E-state index < -0.39 is 6.04 Å². The standard InChI is InChI=1S/C11H12BrN3O/c1-7(2)9(5-13)15-11(16)8-3-4-10(12)14-6-8/h3-4,6-7,9H,1-2H3,(H,15,16). The zero-order chi connectivity index (χ0) is 12.1. The van der Waals surface area contributed by atoms with Crippen molar-refractivity contribution in [2.75, 3.05) is 0 Å². The average Bonchev–Trinajstić information content (AvgIpc) is 2.26. The Hall–Kier alpha value is -1.41. The predicted octanol–water partition coefficient (Wildman–Crippen LogP) is 2.12. The van der Waals surface area contributed by atoms with Crippen LogP contribution in [0.4, 0.5) is 0 Å². The van der Waals surface area contributed by atoms with Gasteiger partial charge in [-0.15, -0.1) is 0 Å². The van der Waals surface area contributed by atoms with Crippen LogP contribution in [0.1, 0.15) is 24.2 Å². The second kappa shape index (κ2) is 5.61. The topological polar surface area (TPSA) is 65.8 Å². The Bertz CT molecular complexity index is 408. The summed E-state index contributed by atoms with van der Waals surface area (Å²) in [5.74, 6) is -0.197. The summed E-state index contributed by atoms with van der Waals surface area (Å²) < 4.78 is 0.671. The predicted molar refractivity (Wildman–Crippen MR) is 63.6 cm³/mol. The maximum atomic E-state index is 11.7. The average molecular weight is 282 g/mol. The first-order chi connectivity index (χ1) is 7.54. The molecular weight excluding hydrogens is 270 g/mol. The lowest BCUT2D eigenvalue weighted by Gasteiger charge is -2.14. The molecule has 0 aromatic carbocycles. The van der Waals surface area contributed by atoms with Gasteiger partial charge in [0, 0.05) is 6.20 Å². The maximum absolute atomic E-state index is 11.7. The molecule has 0 aliphatic rings. The molecule has 1 unspecified atom stereocenters. The molecule has 1 atom stereocenters. The first-order valence-electron chi connectivity index (χ1n) is 4.86. The van der Waals surface area contributed by atoms with Crippen LogP contribution in [0, 0.1) is 17.2 Å². The molecule has 0 fully saturated rings. The van der Waals surface area contributed by atoms with Gasteiger partial charge in [-0.3, -0.25) is 4.79 Å².